The van der Waals surface area contributed by atoms with Crippen LogP contribution in [0, 0.1) is 0 Å². The third kappa shape index (κ3) is 4.87. The lowest BCUT2D eigenvalue weighted by molar-refractivity contribution is -0.277. The van der Waals surface area contributed by atoms with Crippen molar-refractivity contribution in [1.82, 2.24) is 0 Å². The van der Waals surface area contributed by atoms with Crippen molar-refractivity contribution < 1.29 is 60.2 Å². The zero-order chi connectivity index (χ0) is 32.4. The molecule has 4 aromatic rings. The molecule has 7 rings (SSSR count). The second-order valence-corrected chi connectivity index (χ2v) is 11.8. The number of aliphatic hydroxyl groups excluding tert-OH is 5. The Morgan fingerprint density at radius 1 is 0.630 bits per heavy atom. The average molecular weight is 633 g/mol. The van der Waals surface area contributed by atoms with Gasteiger partial charge >= 0.3 is 0 Å². The van der Waals surface area contributed by atoms with Crippen molar-refractivity contribution in [3.63, 3.8) is 0 Å². The van der Waals surface area contributed by atoms with Gasteiger partial charge in [-0.2, -0.15) is 0 Å². The minimum atomic E-state index is -1.60. The summed E-state index contributed by atoms with van der Waals surface area (Å²) in [6.07, 6.45) is -9.26. The van der Waals surface area contributed by atoms with Crippen LogP contribution >= 0.6 is 0 Å². The molecule has 1 saturated heterocycles. The van der Waals surface area contributed by atoms with Crippen molar-refractivity contribution in [1.29, 1.82) is 0 Å². The maximum Gasteiger partial charge on any atom is 0.229 e. The van der Waals surface area contributed by atoms with Crippen molar-refractivity contribution in [3.05, 3.63) is 106 Å². The summed E-state index contributed by atoms with van der Waals surface area (Å²) in [6.45, 7) is -0.600. The van der Waals surface area contributed by atoms with Crippen molar-refractivity contribution in [2.45, 2.75) is 54.7 Å². The first-order valence-electron chi connectivity index (χ1n) is 14.7. The first kappa shape index (κ1) is 30.1. The smallest absolute Gasteiger partial charge is 0.229 e. The standard InChI is InChI=1S/C34H32O12/c35-13-24-30(41)31(42)32(43)34(46-24)44-19-7-3-15(4-8-19)33-28-20-9-17(37)11-22(39)26(20)25(14-1-5-16(36)6-2-14)29(40)21-10-18(38)12-23(45-33)27(21)28/h1-12,24-25,28-43H,13H2/t24-,25-,28-,29-,30-,31+,32-,33+,34-/m1/s1. The van der Waals surface area contributed by atoms with E-state index in [9.17, 15) is 46.0 Å². The fourth-order valence-electron chi connectivity index (χ4n) is 6.89. The summed E-state index contributed by atoms with van der Waals surface area (Å²) in [6, 6.07) is 18.4. The Morgan fingerprint density at radius 2 is 1.28 bits per heavy atom. The molecule has 0 saturated carbocycles. The Morgan fingerprint density at radius 3 is 1.98 bits per heavy atom. The molecule has 1 aliphatic carbocycles. The van der Waals surface area contributed by atoms with Gasteiger partial charge in [-0.3, -0.25) is 0 Å². The molecule has 46 heavy (non-hydrogen) atoms. The molecular formula is C34H32O12. The van der Waals surface area contributed by atoms with Gasteiger partial charge in [-0.05, 0) is 58.7 Å². The van der Waals surface area contributed by atoms with E-state index in [4.69, 9.17) is 14.2 Å². The van der Waals surface area contributed by atoms with Crippen LogP contribution in [0.3, 0.4) is 0 Å². The van der Waals surface area contributed by atoms with E-state index in [0.717, 1.165) is 0 Å². The second-order valence-electron chi connectivity index (χ2n) is 11.8. The number of aromatic hydroxyl groups is 4. The summed E-state index contributed by atoms with van der Waals surface area (Å²) >= 11 is 0. The van der Waals surface area contributed by atoms with Gasteiger partial charge in [0.25, 0.3) is 0 Å². The molecule has 0 bridgehead atoms. The van der Waals surface area contributed by atoms with Gasteiger partial charge in [-0.15, -0.1) is 0 Å². The van der Waals surface area contributed by atoms with E-state index in [1.807, 2.05) is 0 Å². The topological polar surface area (TPSA) is 210 Å². The van der Waals surface area contributed by atoms with Crippen LogP contribution in [0.2, 0.25) is 0 Å². The highest BCUT2D eigenvalue weighted by molar-refractivity contribution is 5.65. The van der Waals surface area contributed by atoms with E-state index < -0.39 is 61.4 Å². The normalized spacial score (nSPS) is 29.7. The van der Waals surface area contributed by atoms with E-state index in [1.54, 1.807) is 36.4 Å². The first-order chi connectivity index (χ1) is 22.0. The number of aliphatic hydroxyl groups is 5. The van der Waals surface area contributed by atoms with Crippen molar-refractivity contribution in [3.8, 4) is 34.5 Å². The van der Waals surface area contributed by atoms with Gasteiger partial charge in [0.1, 0.15) is 65.0 Å². The van der Waals surface area contributed by atoms with E-state index in [-0.39, 0.29) is 28.7 Å². The fourth-order valence-corrected chi connectivity index (χ4v) is 6.89. The zero-order valence-corrected chi connectivity index (χ0v) is 24.1. The average Bonchev–Trinajstić information content (AvgIpc) is 3.37. The minimum absolute atomic E-state index is 0.0220. The highest BCUT2D eigenvalue weighted by Gasteiger charge is 2.48. The Bertz CT molecular complexity index is 1760. The predicted molar refractivity (Wildman–Crippen MR) is 159 cm³/mol. The fraction of sp³-hybridized carbons (Fsp3) is 0.294. The predicted octanol–water partition coefficient (Wildman–Crippen LogP) is 2.13. The molecule has 0 amide bonds. The van der Waals surface area contributed by atoms with Gasteiger partial charge in [-0.25, -0.2) is 0 Å². The van der Waals surface area contributed by atoms with E-state index in [1.165, 1.54) is 36.4 Å². The zero-order valence-electron chi connectivity index (χ0n) is 24.1. The summed E-state index contributed by atoms with van der Waals surface area (Å²) in [5.41, 5.74) is 2.99. The molecule has 0 radical (unpaired) electrons. The number of hydrogen-bond acceptors (Lipinski definition) is 12. The van der Waals surface area contributed by atoms with Crippen molar-refractivity contribution in [2.24, 2.45) is 0 Å². The van der Waals surface area contributed by atoms with Gasteiger partial charge in [0, 0.05) is 29.2 Å². The number of phenolic OH excluding ortho intramolecular Hbond substituents is 4. The number of rotatable bonds is 5. The quantitative estimate of drug-likeness (QED) is 0.155. The van der Waals surface area contributed by atoms with Gasteiger partial charge in [0.05, 0.1) is 18.6 Å². The van der Waals surface area contributed by atoms with Gasteiger partial charge < -0.3 is 60.2 Å². The summed E-state index contributed by atoms with van der Waals surface area (Å²) in [5, 5.41) is 94.4. The number of fused-ring (bicyclic) bond motifs is 2. The molecule has 12 nitrogen and oxygen atoms in total. The highest BCUT2D eigenvalue weighted by atomic mass is 16.7. The first-order valence-corrected chi connectivity index (χ1v) is 14.7. The summed E-state index contributed by atoms with van der Waals surface area (Å²) in [7, 11) is 0. The van der Waals surface area contributed by atoms with Crippen LogP contribution in [-0.2, 0) is 4.74 Å². The monoisotopic (exact) mass is 632 g/mol. The highest BCUT2D eigenvalue weighted by Crippen LogP contribution is 2.60. The SMILES string of the molecule is OC[C@H]1O[C@@H](Oc2ccc([C@@H]3Oc4cc(O)cc5c4[C@H]3c3cc(O)cc(O)c3[C@@H](c3ccc(O)cc3)[C@@H]5O)cc2)[C@H](O)[C@@H](O)[C@@H]1O. The molecular weight excluding hydrogens is 600 g/mol. The van der Waals surface area contributed by atoms with Crippen LogP contribution in [0.15, 0.2) is 72.8 Å². The van der Waals surface area contributed by atoms with E-state index in [0.29, 0.717) is 39.1 Å². The molecule has 9 N–H and O–H groups in total. The van der Waals surface area contributed by atoms with Gasteiger partial charge in [0.15, 0.2) is 0 Å². The molecule has 0 spiro atoms. The molecule has 2 heterocycles. The Labute approximate surface area is 262 Å². The number of phenols is 4. The maximum absolute atomic E-state index is 11.9. The van der Waals surface area contributed by atoms with E-state index in [2.05, 4.69) is 0 Å². The molecule has 0 aromatic heterocycles. The molecule has 0 unspecified atom stereocenters. The van der Waals surface area contributed by atoms with Crippen LogP contribution in [0.5, 0.6) is 34.5 Å². The molecule has 4 aromatic carbocycles. The molecule has 240 valence electrons. The van der Waals surface area contributed by atoms with Gasteiger partial charge in [-0.1, -0.05) is 24.3 Å². The number of ether oxygens (including phenoxy) is 3. The maximum atomic E-state index is 11.9. The van der Waals surface area contributed by atoms with Crippen LogP contribution in [0.4, 0.5) is 0 Å². The lowest BCUT2D eigenvalue weighted by Crippen LogP contribution is -2.60. The molecule has 1 fully saturated rings. The molecule has 3 aliphatic rings. The Hall–Kier alpha value is -4.56. The van der Waals surface area contributed by atoms with E-state index >= 15 is 0 Å². The van der Waals surface area contributed by atoms with Crippen molar-refractivity contribution in [2.75, 3.05) is 6.61 Å². The van der Waals surface area contributed by atoms with Crippen LogP contribution < -0.4 is 9.47 Å². The summed E-state index contributed by atoms with van der Waals surface area (Å²) in [5.74, 6) is -1.53. The van der Waals surface area contributed by atoms with Crippen LogP contribution in [-0.4, -0.2) is 83.3 Å². The largest absolute Gasteiger partial charge is 0.508 e. The third-order valence-corrected chi connectivity index (χ3v) is 9.04. The van der Waals surface area contributed by atoms with Crippen molar-refractivity contribution >= 4 is 0 Å². The minimum Gasteiger partial charge on any atom is -0.508 e. The number of benzene rings is 4. The van der Waals surface area contributed by atoms with Crippen LogP contribution in [0.25, 0.3) is 0 Å². The second kappa shape index (κ2) is 11.4. The van der Waals surface area contributed by atoms with Crippen LogP contribution in [0.1, 0.15) is 57.4 Å². The summed E-state index contributed by atoms with van der Waals surface area (Å²) in [4.78, 5) is 0. The lowest BCUT2D eigenvalue weighted by atomic mass is 9.80. The Balaban J connectivity index is 1.30. The third-order valence-electron chi connectivity index (χ3n) is 9.04. The molecule has 9 atom stereocenters. The summed E-state index contributed by atoms with van der Waals surface area (Å²) < 4.78 is 17.6. The number of hydrogen-bond donors (Lipinski definition) is 9. The lowest BCUT2D eigenvalue weighted by Gasteiger charge is -2.39. The Kier molecular flexibility index (Phi) is 7.43. The van der Waals surface area contributed by atoms with Gasteiger partial charge in [0.2, 0.25) is 6.29 Å². The molecule has 12 heteroatoms. The molecule has 2 aliphatic heterocycles.